The molecule has 0 spiro atoms. The van der Waals surface area contributed by atoms with Crippen molar-refractivity contribution in [3.63, 3.8) is 0 Å². The zero-order valence-electron chi connectivity index (χ0n) is 13.2. The second-order valence-electron chi connectivity index (χ2n) is 4.34. The summed E-state index contributed by atoms with van der Waals surface area (Å²) in [5.41, 5.74) is 2.72. The van der Waals surface area contributed by atoms with Gasteiger partial charge in [0.2, 0.25) is 5.13 Å². The monoisotopic (exact) mass is 349 g/mol. The number of aromatic nitrogens is 1. The highest BCUT2D eigenvalue weighted by molar-refractivity contribution is 7.17. The summed E-state index contributed by atoms with van der Waals surface area (Å²) in [6.07, 6.45) is 1.49. The first-order chi connectivity index (χ1) is 11.6. The van der Waals surface area contributed by atoms with Crippen molar-refractivity contribution in [2.45, 2.75) is 0 Å². The average molecular weight is 349 g/mol. The molecule has 0 fully saturated rings. The quantitative estimate of drug-likeness (QED) is 0.482. The zero-order valence-corrected chi connectivity index (χ0v) is 14.0. The predicted octanol–water partition coefficient (Wildman–Crippen LogP) is 1.75. The van der Waals surface area contributed by atoms with E-state index in [1.165, 1.54) is 13.3 Å². The molecule has 2 rings (SSSR count). The molecule has 24 heavy (non-hydrogen) atoms. The molecule has 1 aromatic heterocycles. The lowest BCUT2D eigenvalue weighted by Gasteiger charge is -2.06. The number of hydrazone groups is 1. The van der Waals surface area contributed by atoms with Crippen LogP contribution in [0.5, 0.6) is 11.5 Å². The molecule has 0 aliphatic rings. The van der Waals surface area contributed by atoms with Gasteiger partial charge < -0.3 is 14.2 Å². The van der Waals surface area contributed by atoms with Crippen LogP contribution in [0, 0.1) is 0 Å². The van der Waals surface area contributed by atoms with E-state index >= 15 is 0 Å². The van der Waals surface area contributed by atoms with Crippen molar-refractivity contribution in [3.05, 3.63) is 45.1 Å². The number of hydrogen-bond donors (Lipinski definition) is 1. The maximum Gasteiger partial charge on any atom is 0.348 e. The summed E-state index contributed by atoms with van der Waals surface area (Å²) in [6.45, 7) is 0. The van der Waals surface area contributed by atoms with E-state index in [2.05, 4.69) is 20.2 Å². The van der Waals surface area contributed by atoms with Crippen molar-refractivity contribution in [3.8, 4) is 11.5 Å². The molecule has 1 heterocycles. The number of carbonyl (C=O) groups excluding carboxylic acids is 1. The molecule has 0 aliphatic carbocycles. The van der Waals surface area contributed by atoms with Crippen molar-refractivity contribution in [2.75, 3.05) is 26.8 Å². The number of nitrogens with one attached hydrogen (secondary N) is 1. The molecule has 2 aromatic rings. The van der Waals surface area contributed by atoms with Gasteiger partial charge in [0, 0.05) is 11.6 Å². The van der Waals surface area contributed by atoms with E-state index in [4.69, 9.17) is 9.47 Å². The molecule has 0 saturated carbocycles. The Morgan fingerprint density at radius 3 is 2.71 bits per heavy atom. The minimum absolute atomic E-state index is 0.133. The number of esters is 1. The Kier molecular flexibility index (Phi) is 5.85. The van der Waals surface area contributed by atoms with E-state index in [0.29, 0.717) is 17.1 Å². The molecule has 0 aliphatic heterocycles. The Morgan fingerprint density at radius 2 is 2.04 bits per heavy atom. The highest BCUT2D eigenvalue weighted by atomic mass is 32.1. The normalized spacial score (nSPS) is 10.5. The fraction of sp³-hybridized carbons (Fsp3) is 0.200. The van der Waals surface area contributed by atoms with Gasteiger partial charge in [-0.15, -0.1) is 0 Å². The fourth-order valence-electron chi connectivity index (χ4n) is 1.75. The van der Waals surface area contributed by atoms with Gasteiger partial charge in [-0.2, -0.15) is 10.1 Å². The molecule has 0 amide bonds. The number of ether oxygens (including phenoxy) is 3. The van der Waals surface area contributed by atoms with Crippen LogP contribution in [0.1, 0.15) is 15.2 Å². The Morgan fingerprint density at radius 1 is 1.25 bits per heavy atom. The van der Waals surface area contributed by atoms with Gasteiger partial charge in [-0.05, 0) is 18.2 Å². The van der Waals surface area contributed by atoms with E-state index in [0.717, 1.165) is 17.4 Å². The van der Waals surface area contributed by atoms with E-state index < -0.39 is 11.5 Å². The number of carbonyl (C=O) groups is 1. The first-order valence-electron chi connectivity index (χ1n) is 6.69. The number of anilines is 1. The summed E-state index contributed by atoms with van der Waals surface area (Å²) in [4.78, 5) is 26.9. The molecule has 9 heteroatoms. The number of rotatable bonds is 6. The summed E-state index contributed by atoms with van der Waals surface area (Å²) in [6, 6.07) is 6.35. The highest BCUT2D eigenvalue weighted by Gasteiger charge is 2.10. The molecular formula is C15H15N3O5S. The summed E-state index contributed by atoms with van der Waals surface area (Å²) >= 11 is 0.956. The second kappa shape index (κ2) is 8.06. The van der Waals surface area contributed by atoms with Gasteiger partial charge in [0.05, 0.1) is 27.5 Å². The van der Waals surface area contributed by atoms with Crippen molar-refractivity contribution in [2.24, 2.45) is 5.10 Å². The van der Waals surface area contributed by atoms with E-state index in [-0.39, 0.29) is 10.0 Å². The number of benzene rings is 1. The van der Waals surface area contributed by atoms with Crippen LogP contribution in [-0.2, 0) is 4.74 Å². The van der Waals surface area contributed by atoms with Crippen molar-refractivity contribution < 1.29 is 19.0 Å². The molecule has 0 atom stereocenters. The maximum absolute atomic E-state index is 11.5. The van der Waals surface area contributed by atoms with Crippen LogP contribution in [-0.4, -0.2) is 38.5 Å². The summed E-state index contributed by atoms with van der Waals surface area (Å²) in [5.74, 6) is 0.638. The van der Waals surface area contributed by atoms with Gasteiger partial charge in [0.15, 0.2) is 0 Å². The summed E-state index contributed by atoms with van der Waals surface area (Å²) < 4.78 is 15.0. The molecule has 8 nitrogen and oxygen atoms in total. The van der Waals surface area contributed by atoms with E-state index in [9.17, 15) is 9.59 Å². The molecule has 0 saturated heterocycles. The largest absolute Gasteiger partial charge is 0.497 e. The number of nitrogens with zero attached hydrogens (tertiary/aromatic N) is 2. The molecule has 0 unspecified atom stereocenters. The Hall–Kier alpha value is -2.94. The SMILES string of the molecule is COC(=O)c1cc(=O)nc(N/N=C/c2cc(OC)ccc2OC)s1. The van der Waals surface area contributed by atoms with E-state index in [1.807, 2.05) is 0 Å². The standard InChI is InChI=1S/C15H15N3O5S/c1-21-10-4-5-11(22-2)9(6-10)8-16-18-15-17-13(19)7-12(24-15)14(20)23-3/h4-8H,1-3H3,(H,17,18,19)/b16-8+. The summed E-state index contributed by atoms with van der Waals surface area (Å²) in [5, 5.41) is 4.18. The van der Waals surface area contributed by atoms with Gasteiger partial charge in [0.1, 0.15) is 16.4 Å². The molecule has 0 radical (unpaired) electrons. The first-order valence-corrected chi connectivity index (χ1v) is 7.50. The number of hydrogen-bond acceptors (Lipinski definition) is 9. The lowest BCUT2D eigenvalue weighted by molar-refractivity contribution is 0.0606. The van der Waals surface area contributed by atoms with E-state index in [1.54, 1.807) is 32.4 Å². The van der Waals surface area contributed by atoms with Crippen LogP contribution >= 0.6 is 11.3 Å². The average Bonchev–Trinajstić information content (AvgIpc) is 2.60. The van der Waals surface area contributed by atoms with Crippen LogP contribution in [0.4, 0.5) is 5.13 Å². The minimum Gasteiger partial charge on any atom is -0.497 e. The fourth-order valence-corrected chi connectivity index (χ4v) is 2.52. The molecule has 126 valence electrons. The lowest BCUT2D eigenvalue weighted by atomic mass is 10.2. The first kappa shape index (κ1) is 17.4. The van der Waals surface area contributed by atoms with Gasteiger partial charge in [0.25, 0.3) is 5.56 Å². The van der Waals surface area contributed by atoms with Gasteiger partial charge in [-0.1, -0.05) is 11.3 Å². The van der Waals surface area contributed by atoms with Gasteiger partial charge in [-0.3, -0.25) is 10.2 Å². The van der Waals surface area contributed by atoms with Crippen LogP contribution in [0.25, 0.3) is 0 Å². The Labute approximate surface area is 141 Å². The second-order valence-corrected chi connectivity index (χ2v) is 5.37. The third kappa shape index (κ3) is 4.29. The van der Waals surface area contributed by atoms with Gasteiger partial charge >= 0.3 is 5.97 Å². The topological polar surface area (TPSA) is 99.1 Å². The predicted molar refractivity (Wildman–Crippen MR) is 90.5 cm³/mol. The van der Waals surface area contributed by atoms with Crippen molar-refractivity contribution in [1.29, 1.82) is 0 Å². The third-order valence-electron chi connectivity index (χ3n) is 2.86. The van der Waals surface area contributed by atoms with Crippen molar-refractivity contribution in [1.82, 2.24) is 4.98 Å². The minimum atomic E-state index is -0.610. The molecule has 0 bridgehead atoms. The Balaban J connectivity index is 2.22. The van der Waals surface area contributed by atoms with Crippen LogP contribution in [0.3, 0.4) is 0 Å². The smallest absolute Gasteiger partial charge is 0.348 e. The molecular weight excluding hydrogens is 334 g/mol. The Bertz CT molecular complexity index is 819. The van der Waals surface area contributed by atoms with Crippen LogP contribution in [0.2, 0.25) is 0 Å². The maximum atomic E-state index is 11.5. The van der Waals surface area contributed by atoms with Gasteiger partial charge in [-0.25, -0.2) is 4.79 Å². The molecule has 1 N–H and O–H groups in total. The molecule has 1 aromatic carbocycles. The zero-order chi connectivity index (χ0) is 17.5. The van der Waals surface area contributed by atoms with Crippen molar-refractivity contribution >= 4 is 28.7 Å². The lowest BCUT2D eigenvalue weighted by Crippen LogP contribution is -2.10. The highest BCUT2D eigenvalue weighted by Crippen LogP contribution is 2.22. The number of methoxy groups -OCH3 is 3. The summed E-state index contributed by atoms with van der Waals surface area (Å²) in [7, 11) is 4.33. The third-order valence-corrected chi connectivity index (χ3v) is 3.74. The van der Waals surface area contributed by atoms with Crippen LogP contribution < -0.4 is 20.5 Å². The van der Waals surface area contributed by atoms with Crippen LogP contribution in [0.15, 0.2) is 34.2 Å².